The summed E-state index contributed by atoms with van der Waals surface area (Å²) < 4.78 is 39.3. The monoisotopic (exact) mass is 359 g/mol. The molecule has 0 fully saturated rings. The molecule has 0 spiro atoms. The van der Waals surface area contributed by atoms with Crippen LogP contribution in [-0.4, -0.2) is 25.8 Å². The van der Waals surface area contributed by atoms with Gasteiger partial charge in [-0.2, -0.15) is 14.8 Å². The van der Waals surface area contributed by atoms with Crippen LogP contribution >= 0.6 is 15.9 Å². The second-order valence-electron chi connectivity index (χ2n) is 3.80. The average molecular weight is 360 g/mol. The van der Waals surface area contributed by atoms with Crippen LogP contribution in [0.4, 0.5) is 4.39 Å². The summed E-state index contributed by atoms with van der Waals surface area (Å²) in [4.78, 5) is -0.200. The first kappa shape index (κ1) is 16.6. The summed E-state index contributed by atoms with van der Waals surface area (Å²) in [5.74, 6) is -0.688. The first-order valence-corrected chi connectivity index (χ1v) is 7.86. The highest BCUT2D eigenvalue weighted by Crippen LogP contribution is 2.22. The molecule has 0 atom stereocenters. The number of hydrogen-bond acceptors (Lipinski definition) is 4. The summed E-state index contributed by atoms with van der Waals surface area (Å²) in [6.45, 7) is -0.0591. The summed E-state index contributed by atoms with van der Waals surface area (Å²) in [7, 11) is -3.91. The van der Waals surface area contributed by atoms with Gasteiger partial charge in [0.1, 0.15) is 5.82 Å². The third kappa shape index (κ3) is 4.01. The summed E-state index contributed by atoms with van der Waals surface area (Å²) >= 11 is 2.95. The molecular weight excluding hydrogens is 349 g/mol. The molecule has 0 aliphatic rings. The van der Waals surface area contributed by atoms with Crippen molar-refractivity contribution in [3.63, 3.8) is 0 Å². The molecule has 1 aromatic carbocycles. The molecule has 0 aromatic heterocycles. The molecule has 8 heteroatoms. The number of benzene rings is 1. The van der Waals surface area contributed by atoms with Crippen LogP contribution in [0.5, 0.6) is 0 Å². The Kier molecular flexibility index (Phi) is 6.08. The topological polar surface area (TPSA) is 85.0 Å². The van der Waals surface area contributed by atoms with E-state index in [1.54, 1.807) is 0 Å². The number of sulfonamides is 1. The van der Waals surface area contributed by atoms with Gasteiger partial charge in [0.15, 0.2) is 0 Å². The van der Waals surface area contributed by atoms with E-state index in [0.717, 1.165) is 10.4 Å². The molecule has 0 N–H and O–H groups in total. The van der Waals surface area contributed by atoms with Gasteiger partial charge in [0, 0.05) is 25.9 Å². The Morgan fingerprint density at radius 2 is 1.75 bits per heavy atom. The Morgan fingerprint density at radius 1 is 1.20 bits per heavy atom. The average Bonchev–Trinajstić information content (AvgIpc) is 2.41. The number of nitrogens with zero attached hydrogens (tertiary/aromatic N) is 3. The minimum atomic E-state index is -3.91. The lowest BCUT2D eigenvalue weighted by molar-refractivity contribution is 0.424. The molecule has 1 rings (SSSR count). The predicted molar refractivity (Wildman–Crippen MR) is 73.3 cm³/mol. The Labute approximate surface area is 125 Å². The fourth-order valence-electron chi connectivity index (χ4n) is 1.49. The first-order chi connectivity index (χ1) is 9.43. The van der Waals surface area contributed by atoms with Crippen LogP contribution in [0.15, 0.2) is 27.6 Å². The maximum absolute atomic E-state index is 13.4. The van der Waals surface area contributed by atoms with E-state index < -0.39 is 15.8 Å². The smallest absolute Gasteiger partial charge is 0.207 e. The molecule has 0 bridgehead atoms. The Hall–Kier alpha value is -1.48. The van der Waals surface area contributed by atoms with Gasteiger partial charge in [-0.05, 0) is 34.1 Å². The molecular formula is C12H11BrFN3O2S. The van der Waals surface area contributed by atoms with Crippen molar-refractivity contribution in [2.45, 2.75) is 17.7 Å². The number of halogens is 2. The Bertz CT molecular complexity index is 646. The molecule has 20 heavy (non-hydrogen) atoms. The Morgan fingerprint density at radius 3 is 2.20 bits per heavy atom. The number of rotatable bonds is 6. The van der Waals surface area contributed by atoms with Crippen LogP contribution in [0.25, 0.3) is 0 Å². The van der Waals surface area contributed by atoms with Crippen molar-refractivity contribution in [1.29, 1.82) is 10.5 Å². The molecule has 0 heterocycles. The van der Waals surface area contributed by atoms with Gasteiger partial charge in [-0.1, -0.05) is 0 Å². The van der Waals surface area contributed by atoms with Gasteiger partial charge < -0.3 is 0 Å². The summed E-state index contributed by atoms with van der Waals surface area (Å²) in [5, 5.41) is 17.1. The van der Waals surface area contributed by atoms with Gasteiger partial charge in [-0.3, -0.25) is 0 Å². The molecule has 5 nitrogen and oxygen atoms in total. The van der Waals surface area contributed by atoms with E-state index in [-0.39, 0.29) is 35.3 Å². The van der Waals surface area contributed by atoms with Crippen LogP contribution in [0.2, 0.25) is 0 Å². The van der Waals surface area contributed by atoms with Crippen LogP contribution in [0, 0.1) is 28.5 Å². The minimum Gasteiger partial charge on any atom is -0.207 e. The van der Waals surface area contributed by atoms with Crippen molar-refractivity contribution in [2.75, 3.05) is 13.1 Å². The lowest BCUT2D eigenvalue weighted by Gasteiger charge is -2.20. The van der Waals surface area contributed by atoms with Gasteiger partial charge in [-0.15, -0.1) is 0 Å². The van der Waals surface area contributed by atoms with E-state index in [1.807, 2.05) is 12.1 Å². The molecule has 0 saturated carbocycles. The fraction of sp³-hybridized carbons (Fsp3) is 0.333. The zero-order chi connectivity index (χ0) is 15.2. The van der Waals surface area contributed by atoms with E-state index in [1.165, 1.54) is 12.1 Å². The minimum absolute atomic E-state index is 0.00364. The zero-order valence-corrected chi connectivity index (χ0v) is 12.8. The largest absolute Gasteiger partial charge is 0.243 e. The van der Waals surface area contributed by atoms with E-state index in [9.17, 15) is 12.8 Å². The van der Waals surface area contributed by atoms with E-state index in [2.05, 4.69) is 15.9 Å². The number of nitriles is 2. The highest BCUT2D eigenvalue weighted by Gasteiger charge is 2.24. The van der Waals surface area contributed by atoms with Gasteiger partial charge >= 0.3 is 0 Å². The van der Waals surface area contributed by atoms with E-state index in [4.69, 9.17) is 10.5 Å². The zero-order valence-electron chi connectivity index (χ0n) is 10.4. The molecule has 1 aromatic rings. The maximum atomic E-state index is 13.4. The molecule has 0 amide bonds. The maximum Gasteiger partial charge on any atom is 0.243 e. The Balaban J connectivity index is 3.11. The van der Waals surface area contributed by atoms with E-state index >= 15 is 0 Å². The molecule has 0 aliphatic carbocycles. The molecule has 0 saturated heterocycles. The van der Waals surface area contributed by atoms with Gasteiger partial charge in [0.05, 0.1) is 21.5 Å². The van der Waals surface area contributed by atoms with Crippen LogP contribution in [0.3, 0.4) is 0 Å². The molecule has 0 radical (unpaired) electrons. The van der Waals surface area contributed by atoms with Crippen molar-refractivity contribution < 1.29 is 12.8 Å². The highest BCUT2D eigenvalue weighted by molar-refractivity contribution is 9.10. The normalized spacial score (nSPS) is 11.1. The summed E-state index contributed by atoms with van der Waals surface area (Å²) in [5.41, 5.74) is 0. The van der Waals surface area contributed by atoms with Crippen molar-refractivity contribution >= 4 is 26.0 Å². The molecule has 0 aliphatic heterocycles. The second-order valence-corrected chi connectivity index (χ2v) is 6.59. The van der Waals surface area contributed by atoms with Crippen molar-refractivity contribution in [3.8, 4) is 12.1 Å². The highest BCUT2D eigenvalue weighted by atomic mass is 79.9. The summed E-state index contributed by atoms with van der Waals surface area (Å²) in [6, 6.07) is 7.18. The quantitative estimate of drug-likeness (QED) is 0.780. The number of hydrogen-bond donors (Lipinski definition) is 0. The lowest BCUT2D eigenvalue weighted by atomic mass is 10.3. The second kappa shape index (κ2) is 7.34. The van der Waals surface area contributed by atoms with E-state index in [0.29, 0.717) is 0 Å². The predicted octanol–water partition coefficient (Wildman–Crippen LogP) is 2.41. The van der Waals surface area contributed by atoms with Crippen molar-refractivity contribution in [2.24, 2.45) is 0 Å². The van der Waals surface area contributed by atoms with Crippen LogP contribution in [0.1, 0.15) is 12.8 Å². The fourth-order valence-corrected chi connectivity index (χ4v) is 3.19. The van der Waals surface area contributed by atoms with Gasteiger partial charge in [0.2, 0.25) is 10.0 Å². The van der Waals surface area contributed by atoms with Crippen LogP contribution < -0.4 is 0 Å². The standard InChI is InChI=1S/C12H11BrFN3O2S/c13-11-4-3-10(9-12(11)14)20(18,19)17(7-1-5-15)8-2-6-16/h3-4,9H,1-2,7-8H2. The summed E-state index contributed by atoms with van der Waals surface area (Å²) in [6.07, 6.45) is 0.00728. The first-order valence-electron chi connectivity index (χ1n) is 5.62. The molecule has 0 unspecified atom stereocenters. The van der Waals surface area contributed by atoms with Crippen molar-refractivity contribution in [3.05, 3.63) is 28.5 Å². The molecule has 106 valence electrons. The lowest BCUT2D eigenvalue weighted by Crippen LogP contribution is -2.32. The third-order valence-corrected chi connectivity index (χ3v) is 5.01. The van der Waals surface area contributed by atoms with Crippen molar-refractivity contribution in [1.82, 2.24) is 4.31 Å². The SMILES string of the molecule is N#CCCN(CCC#N)S(=O)(=O)c1ccc(Br)c(F)c1. The van der Waals surface area contributed by atoms with Crippen LogP contribution in [-0.2, 0) is 10.0 Å². The van der Waals surface area contributed by atoms with Gasteiger partial charge in [-0.25, -0.2) is 12.8 Å². The third-order valence-electron chi connectivity index (χ3n) is 2.47. The van der Waals surface area contributed by atoms with Gasteiger partial charge in [0.25, 0.3) is 0 Å².